The molecule has 1 saturated heterocycles. The number of likely N-dealkylation sites (tertiary alicyclic amines) is 1. The zero-order valence-corrected chi connectivity index (χ0v) is 14.1. The first kappa shape index (κ1) is 15.3. The van der Waals surface area contributed by atoms with Crippen molar-refractivity contribution in [1.29, 1.82) is 0 Å². The van der Waals surface area contributed by atoms with Gasteiger partial charge in [0.2, 0.25) is 0 Å². The van der Waals surface area contributed by atoms with Crippen LogP contribution in [0.2, 0.25) is 0 Å². The number of benzene rings is 1. The third-order valence-electron chi connectivity index (χ3n) is 5.11. The first-order valence-electron chi connectivity index (χ1n) is 8.70. The van der Waals surface area contributed by atoms with Crippen molar-refractivity contribution in [3.8, 4) is 0 Å². The number of carbonyl (C=O) groups is 1. The Balaban J connectivity index is 1.62. The van der Waals surface area contributed by atoms with E-state index in [1.165, 1.54) is 0 Å². The van der Waals surface area contributed by atoms with Gasteiger partial charge < -0.3 is 14.4 Å². The number of likely N-dealkylation sites (N-methyl/N-ethyl adjacent to an activating group) is 1. The van der Waals surface area contributed by atoms with E-state index in [0.29, 0.717) is 0 Å². The van der Waals surface area contributed by atoms with Crippen LogP contribution >= 0.6 is 0 Å². The van der Waals surface area contributed by atoms with Crippen LogP contribution in [0.15, 0.2) is 30.3 Å². The summed E-state index contributed by atoms with van der Waals surface area (Å²) in [6.45, 7) is 3.70. The molecule has 2 aliphatic heterocycles. The summed E-state index contributed by atoms with van der Waals surface area (Å²) in [5.74, 6) is 2.11. The highest BCUT2D eigenvalue weighted by atomic mass is 16.2. The summed E-state index contributed by atoms with van der Waals surface area (Å²) >= 11 is 0. The van der Waals surface area contributed by atoms with Gasteiger partial charge in [0.15, 0.2) is 5.82 Å². The third-order valence-corrected chi connectivity index (χ3v) is 5.11. The molecule has 1 aromatic heterocycles. The normalized spacial score (nSPS) is 21.5. The predicted octanol–water partition coefficient (Wildman–Crippen LogP) is 1.74. The Morgan fingerprint density at radius 3 is 2.75 bits per heavy atom. The van der Waals surface area contributed by atoms with Gasteiger partial charge in [0.05, 0.1) is 6.04 Å². The number of fused-ring (bicyclic) bond motifs is 1. The largest absolute Gasteiger partial charge is 0.328 e. The minimum Gasteiger partial charge on any atom is -0.328 e. The monoisotopic (exact) mass is 325 g/mol. The smallest absolute Gasteiger partial charge is 0.254 e. The van der Waals surface area contributed by atoms with E-state index in [0.717, 1.165) is 62.7 Å². The van der Waals surface area contributed by atoms with Crippen molar-refractivity contribution in [1.82, 2.24) is 24.6 Å². The molecular weight excluding hydrogens is 302 g/mol. The standard InChI is InChI=1S/C18H23N5O/c1-21-11-9-16-19-20-17(23(16)13-12-21)15-8-5-10-22(15)18(24)14-6-3-2-4-7-14/h2-4,6-7,15H,5,8-13H2,1H3. The van der Waals surface area contributed by atoms with Crippen molar-refractivity contribution in [2.75, 3.05) is 26.7 Å². The highest BCUT2D eigenvalue weighted by Crippen LogP contribution is 2.32. The Kier molecular flexibility index (Phi) is 4.06. The molecular formula is C18H23N5O. The topological polar surface area (TPSA) is 54.3 Å². The third kappa shape index (κ3) is 2.71. The Morgan fingerprint density at radius 1 is 1.08 bits per heavy atom. The molecule has 0 saturated carbocycles. The summed E-state index contributed by atoms with van der Waals surface area (Å²) < 4.78 is 2.24. The number of nitrogens with zero attached hydrogens (tertiary/aromatic N) is 5. The lowest BCUT2D eigenvalue weighted by molar-refractivity contribution is 0.0727. The Morgan fingerprint density at radius 2 is 1.92 bits per heavy atom. The van der Waals surface area contributed by atoms with Crippen LogP contribution in [0.25, 0.3) is 0 Å². The van der Waals surface area contributed by atoms with Gasteiger partial charge in [-0.25, -0.2) is 0 Å². The fraction of sp³-hybridized carbons (Fsp3) is 0.500. The average molecular weight is 325 g/mol. The summed E-state index contributed by atoms with van der Waals surface area (Å²) in [6.07, 6.45) is 2.90. The lowest BCUT2D eigenvalue weighted by Gasteiger charge is -2.25. The SMILES string of the molecule is CN1CCc2nnc(C3CCCN3C(=O)c3ccccc3)n2CC1. The summed E-state index contributed by atoms with van der Waals surface area (Å²) in [4.78, 5) is 17.2. The number of hydrogen-bond donors (Lipinski definition) is 0. The van der Waals surface area contributed by atoms with E-state index in [-0.39, 0.29) is 11.9 Å². The van der Waals surface area contributed by atoms with Crippen LogP contribution in [-0.2, 0) is 13.0 Å². The Hall–Kier alpha value is -2.21. The molecule has 0 aliphatic carbocycles. The number of hydrogen-bond acceptors (Lipinski definition) is 4. The fourth-order valence-corrected chi connectivity index (χ4v) is 3.72. The number of rotatable bonds is 2. The molecule has 6 heteroatoms. The van der Waals surface area contributed by atoms with Crippen LogP contribution in [0.5, 0.6) is 0 Å². The van der Waals surface area contributed by atoms with E-state index in [9.17, 15) is 4.79 Å². The van der Waals surface area contributed by atoms with Gasteiger partial charge in [-0.1, -0.05) is 18.2 Å². The second kappa shape index (κ2) is 6.36. The molecule has 24 heavy (non-hydrogen) atoms. The van der Waals surface area contributed by atoms with E-state index in [2.05, 4.69) is 26.7 Å². The van der Waals surface area contributed by atoms with Crippen LogP contribution in [-0.4, -0.2) is 57.2 Å². The fourth-order valence-electron chi connectivity index (χ4n) is 3.72. The number of aromatic nitrogens is 3. The number of amides is 1. The zero-order chi connectivity index (χ0) is 16.5. The molecule has 1 amide bonds. The van der Waals surface area contributed by atoms with Crippen molar-refractivity contribution in [2.24, 2.45) is 0 Å². The quantitative estimate of drug-likeness (QED) is 0.844. The molecule has 1 fully saturated rings. The molecule has 0 bridgehead atoms. The first-order valence-corrected chi connectivity index (χ1v) is 8.70. The van der Waals surface area contributed by atoms with Gasteiger partial charge in [-0.15, -0.1) is 10.2 Å². The maximum Gasteiger partial charge on any atom is 0.254 e. The molecule has 3 heterocycles. The summed E-state index contributed by atoms with van der Waals surface area (Å²) in [5.41, 5.74) is 0.750. The van der Waals surface area contributed by atoms with Crippen molar-refractivity contribution in [2.45, 2.75) is 31.8 Å². The second-order valence-electron chi connectivity index (χ2n) is 6.70. The van der Waals surface area contributed by atoms with E-state index in [1.54, 1.807) is 0 Å². The molecule has 1 aromatic carbocycles. The van der Waals surface area contributed by atoms with Gasteiger partial charge >= 0.3 is 0 Å². The summed E-state index contributed by atoms with van der Waals surface area (Å²) in [6, 6.07) is 9.58. The van der Waals surface area contributed by atoms with Gasteiger partial charge in [-0.3, -0.25) is 4.79 Å². The van der Waals surface area contributed by atoms with E-state index in [1.807, 2.05) is 35.2 Å². The minimum atomic E-state index is 0.0439. The van der Waals surface area contributed by atoms with Crippen molar-refractivity contribution in [3.05, 3.63) is 47.5 Å². The van der Waals surface area contributed by atoms with Gasteiger partial charge in [0.1, 0.15) is 5.82 Å². The molecule has 4 rings (SSSR count). The molecule has 6 nitrogen and oxygen atoms in total. The zero-order valence-electron chi connectivity index (χ0n) is 14.1. The van der Waals surface area contributed by atoms with Crippen LogP contribution < -0.4 is 0 Å². The highest BCUT2D eigenvalue weighted by Gasteiger charge is 2.34. The minimum absolute atomic E-state index is 0.0439. The lowest BCUT2D eigenvalue weighted by Crippen LogP contribution is -2.32. The summed E-state index contributed by atoms with van der Waals surface area (Å²) in [7, 11) is 2.14. The first-order chi connectivity index (χ1) is 11.7. The Bertz CT molecular complexity index is 726. The van der Waals surface area contributed by atoms with E-state index in [4.69, 9.17) is 0 Å². The maximum absolute atomic E-state index is 12.9. The molecule has 126 valence electrons. The molecule has 0 N–H and O–H groups in total. The summed E-state index contributed by atoms with van der Waals surface area (Å²) in [5, 5.41) is 8.88. The van der Waals surface area contributed by atoms with Gasteiger partial charge in [-0.2, -0.15) is 0 Å². The molecule has 1 unspecified atom stereocenters. The molecule has 2 aliphatic rings. The van der Waals surface area contributed by atoms with Crippen molar-refractivity contribution < 1.29 is 4.79 Å². The lowest BCUT2D eigenvalue weighted by atomic mass is 10.1. The van der Waals surface area contributed by atoms with E-state index >= 15 is 0 Å². The van der Waals surface area contributed by atoms with Crippen molar-refractivity contribution in [3.63, 3.8) is 0 Å². The highest BCUT2D eigenvalue weighted by molar-refractivity contribution is 5.94. The Labute approximate surface area is 142 Å². The van der Waals surface area contributed by atoms with Crippen LogP contribution in [0, 0.1) is 0 Å². The number of carbonyl (C=O) groups excluding carboxylic acids is 1. The molecule has 1 atom stereocenters. The average Bonchev–Trinajstić information content (AvgIpc) is 3.20. The van der Waals surface area contributed by atoms with E-state index < -0.39 is 0 Å². The predicted molar refractivity (Wildman–Crippen MR) is 90.7 cm³/mol. The maximum atomic E-state index is 12.9. The van der Waals surface area contributed by atoms with Crippen LogP contribution in [0.1, 0.15) is 40.9 Å². The molecule has 0 radical (unpaired) electrons. The second-order valence-corrected chi connectivity index (χ2v) is 6.70. The van der Waals surface area contributed by atoms with Crippen LogP contribution in [0.4, 0.5) is 0 Å². The van der Waals surface area contributed by atoms with Gasteiger partial charge in [-0.05, 0) is 32.0 Å². The van der Waals surface area contributed by atoms with Gasteiger partial charge in [0.25, 0.3) is 5.91 Å². The van der Waals surface area contributed by atoms with Crippen molar-refractivity contribution >= 4 is 5.91 Å². The van der Waals surface area contributed by atoms with Crippen LogP contribution in [0.3, 0.4) is 0 Å². The molecule has 2 aromatic rings. The van der Waals surface area contributed by atoms with Gasteiger partial charge in [0, 0.05) is 38.2 Å². The molecule has 0 spiro atoms.